The number of aromatic carboxylic acids is 1. The molecule has 1 aromatic carbocycles. The number of hydrogen-bond acceptors (Lipinski definition) is 2. The van der Waals surface area contributed by atoms with Crippen LogP contribution in [0.15, 0.2) is 18.2 Å². The summed E-state index contributed by atoms with van der Waals surface area (Å²) in [6, 6.07) is 5.15. The first kappa shape index (κ1) is 11.3. The number of aryl methyl sites for hydroxylation is 1. The highest BCUT2D eigenvalue weighted by Gasteiger charge is 2.35. The fraction of sp³-hybridized carbons (Fsp3) is 0.429. The third-order valence-corrected chi connectivity index (χ3v) is 4.04. The molecule has 0 atom stereocenters. The van der Waals surface area contributed by atoms with Crippen LogP contribution in [0.4, 0.5) is 0 Å². The second-order valence-corrected chi connectivity index (χ2v) is 5.35. The molecule has 1 saturated carbocycles. The van der Waals surface area contributed by atoms with Gasteiger partial charge >= 0.3 is 5.97 Å². The molecule has 0 unspecified atom stereocenters. The lowest BCUT2D eigenvalue weighted by atomic mass is 9.78. The molecule has 1 heterocycles. The molecular weight excluding hydrogens is 228 g/mol. The van der Waals surface area contributed by atoms with Crippen LogP contribution in [0.1, 0.15) is 42.4 Å². The second-order valence-electron chi connectivity index (χ2n) is 5.35. The van der Waals surface area contributed by atoms with Crippen molar-refractivity contribution < 1.29 is 9.90 Å². The average Bonchev–Trinajstić information content (AvgIpc) is 2.61. The van der Waals surface area contributed by atoms with Crippen molar-refractivity contribution in [2.24, 2.45) is 0 Å². The van der Waals surface area contributed by atoms with Gasteiger partial charge in [-0.3, -0.25) is 0 Å². The van der Waals surface area contributed by atoms with E-state index >= 15 is 0 Å². The maximum atomic E-state index is 11.1. The van der Waals surface area contributed by atoms with Gasteiger partial charge in [-0.15, -0.1) is 0 Å². The first-order valence-corrected chi connectivity index (χ1v) is 6.24. The van der Waals surface area contributed by atoms with E-state index in [4.69, 9.17) is 5.11 Å². The maximum Gasteiger partial charge on any atom is 0.335 e. The third-order valence-electron chi connectivity index (χ3n) is 4.04. The van der Waals surface area contributed by atoms with Crippen molar-refractivity contribution in [1.29, 1.82) is 0 Å². The average molecular weight is 244 g/mol. The Kier molecular flexibility index (Phi) is 2.24. The van der Waals surface area contributed by atoms with E-state index in [-0.39, 0.29) is 5.54 Å². The number of fused-ring (bicyclic) bond motifs is 1. The summed E-state index contributed by atoms with van der Waals surface area (Å²) in [5.41, 5.74) is 2.25. The van der Waals surface area contributed by atoms with Gasteiger partial charge in [-0.25, -0.2) is 9.78 Å². The van der Waals surface area contributed by atoms with Gasteiger partial charge in [-0.1, -0.05) is 0 Å². The van der Waals surface area contributed by atoms with E-state index < -0.39 is 5.97 Å². The van der Waals surface area contributed by atoms with E-state index in [2.05, 4.69) is 16.5 Å². The van der Waals surface area contributed by atoms with Crippen molar-refractivity contribution in [1.82, 2.24) is 9.55 Å². The molecule has 1 aliphatic carbocycles. The predicted molar refractivity (Wildman–Crippen MR) is 68.9 cm³/mol. The molecule has 1 aromatic heterocycles. The summed E-state index contributed by atoms with van der Waals surface area (Å²) >= 11 is 0. The van der Waals surface area contributed by atoms with Crippen molar-refractivity contribution in [3.63, 3.8) is 0 Å². The Hall–Kier alpha value is -1.84. The Balaban J connectivity index is 2.26. The maximum absolute atomic E-state index is 11.1. The minimum absolute atomic E-state index is 0.107. The molecule has 4 nitrogen and oxygen atoms in total. The van der Waals surface area contributed by atoms with Crippen molar-refractivity contribution in [3.8, 4) is 0 Å². The van der Waals surface area contributed by atoms with E-state index in [1.807, 2.05) is 6.92 Å². The van der Waals surface area contributed by atoms with Crippen LogP contribution < -0.4 is 0 Å². The third kappa shape index (κ3) is 1.45. The van der Waals surface area contributed by atoms with Crippen LogP contribution in [0.2, 0.25) is 0 Å². The van der Waals surface area contributed by atoms with Crippen molar-refractivity contribution in [3.05, 3.63) is 29.6 Å². The zero-order valence-corrected chi connectivity index (χ0v) is 10.6. The quantitative estimate of drug-likeness (QED) is 0.883. The molecule has 4 heteroatoms. The predicted octanol–water partition coefficient (Wildman–Crippen LogP) is 2.94. The number of carboxylic acids is 1. The number of carboxylic acid groups (broad SMARTS) is 1. The Morgan fingerprint density at radius 3 is 2.72 bits per heavy atom. The monoisotopic (exact) mass is 244 g/mol. The molecule has 0 aliphatic heterocycles. The van der Waals surface area contributed by atoms with E-state index in [1.165, 1.54) is 6.42 Å². The molecule has 0 radical (unpaired) electrons. The Labute approximate surface area is 105 Å². The molecule has 1 aliphatic rings. The zero-order valence-electron chi connectivity index (χ0n) is 10.6. The lowest BCUT2D eigenvalue weighted by Gasteiger charge is -2.41. The molecular formula is C14H16N2O2. The number of benzene rings is 1. The van der Waals surface area contributed by atoms with Gasteiger partial charge in [0, 0.05) is 5.54 Å². The molecule has 1 N–H and O–H groups in total. The van der Waals surface area contributed by atoms with Crippen LogP contribution in [0, 0.1) is 6.92 Å². The molecule has 3 rings (SSSR count). The first-order valence-electron chi connectivity index (χ1n) is 6.24. The van der Waals surface area contributed by atoms with Crippen LogP contribution in [-0.2, 0) is 5.54 Å². The van der Waals surface area contributed by atoms with Gasteiger partial charge in [0.05, 0.1) is 16.6 Å². The van der Waals surface area contributed by atoms with Crippen LogP contribution >= 0.6 is 0 Å². The number of rotatable bonds is 2. The fourth-order valence-corrected chi connectivity index (χ4v) is 2.92. The number of nitrogens with zero attached hydrogens (tertiary/aromatic N) is 2. The van der Waals surface area contributed by atoms with Crippen molar-refractivity contribution in [2.75, 3.05) is 0 Å². The second kappa shape index (κ2) is 3.57. The summed E-state index contributed by atoms with van der Waals surface area (Å²) < 4.78 is 2.21. The Bertz CT molecular complexity index is 639. The molecule has 0 bridgehead atoms. The van der Waals surface area contributed by atoms with Gasteiger partial charge in [-0.2, -0.15) is 0 Å². The topological polar surface area (TPSA) is 55.1 Å². The number of carbonyl (C=O) groups is 1. The van der Waals surface area contributed by atoms with Crippen LogP contribution in [0.25, 0.3) is 11.0 Å². The first-order chi connectivity index (χ1) is 8.51. The highest BCUT2D eigenvalue weighted by atomic mass is 16.4. The van der Waals surface area contributed by atoms with Gasteiger partial charge in [-0.05, 0) is 51.3 Å². The normalized spacial score (nSPS) is 17.7. The van der Waals surface area contributed by atoms with Crippen molar-refractivity contribution in [2.45, 2.75) is 38.6 Å². The lowest BCUT2D eigenvalue weighted by Crippen LogP contribution is -2.37. The minimum atomic E-state index is -0.888. The Morgan fingerprint density at radius 1 is 1.44 bits per heavy atom. The Morgan fingerprint density at radius 2 is 2.17 bits per heavy atom. The highest BCUT2D eigenvalue weighted by Crippen LogP contribution is 2.41. The summed E-state index contributed by atoms with van der Waals surface area (Å²) in [4.78, 5) is 15.6. The molecule has 1 fully saturated rings. The van der Waals surface area contributed by atoms with Crippen LogP contribution in [0.3, 0.4) is 0 Å². The number of imidazole rings is 1. The van der Waals surface area contributed by atoms with Gasteiger partial charge in [0.2, 0.25) is 0 Å². The number of hydrogen-bond donors (Lipinski definition) is 1. The fourth-order valence-electron chi connectivity index (χ4n) is 2.92. The zero-order chi connectivity index (χ0) is 12.9. The highest BCUT2D eigenvalue weighted by molar-refractivity contribution is 5.92. The largest absolute Gasteiger partial charge is 0.478 e. The SMILES string of the molecule is Cc1nc2ccc(C(=O)O)cc2n1C1(C)CCC1. The van der Waals surface area contributed by atoms with E-state index in [0.717, 1.165) is 29.7 Å². The molecule has 94 valence electrons. The van der Waals surface area contributed by atoms with E-state index in [0.29, 0.717) is 5.56 Å². The summed E-state index contributed by atoms with van der Waals surface area (Å²) in [6.45, 7) is 4.21. The lowest BCUT2D eigenvalue weighted by molar-refractivity contribution is 0.0697. The summed E-state index contributed by atoms with van der Waals surface area (Å²) in [5.74, 6) is 0.0794. The minimum Gasteiger partial charge on any atom is -0.478 e. The van der Waals surface area contributed by atoms with Gasteiger partial charge in [0.1, 0.15) is 5.82 Å². The van der Waals surface area contributed by atoms with Gasteiger partial charge in [0.25, 0.3) is 0 Å². The molecule has 0 amide bonds. The van der Waals surface area contributed by atoms with Crippen LogP contribution in [-0.4, -0.2) is 20.6 Å². The molecule has 0 spiro atoms. The summed E-state index contributed by atoms with van der Waals surface area (Å²) in [6.07, 6.45) is 3.50. The van der Waals surface area contributed by atoms with Crippen LogP contribution in [0.5, 0.6) is 0 Å². The van der Waals surface area contributed by atoms with Gasteiger partial charge in [0.15, 0.2) is 0 Å². The van der Waals surface area contributed by atoms with Crippen molar-refractivity contribution >= 4 is 17.0 Å². The molecule has 0 saturated heterocycles. The van der Waals surface area contributed by atoms with E-state index in [9.17, 15) is 4.79 Å². The van der Waals surface area contributed by atoms with E-state index in [1.54, 1.807) is 18.2 Å². The summed E-state index contributed by atoms with van der Waals surface area (Å²) in [5, 5.41) is 9.09. The van der Waals surface area contributed by atoms with Gasteiger partial charge < -0.3 is 9.67 Å². The smallest absolute Gasteiger partial charge is 0.335 e. The molecule has 18 heavy (non-hydrogen) atoms. The summed E-state index contributed by atoms with van der Waals surface area (Å²) in [7, 11) is 0. The standard InChI is InChI=1S/C14H16N2O2/c1-9-15-11-5-4-10(13(17)18)8-12(11)16(9)14(2)6-3-7-14/h4-5,8H,3,6-7H2,1-2H3,(H,17,18). The number of aromatic nitrogens is 2. The molecule has 2 aromatic rings.